The molecule has 1 amide bonds. The predicted molar refractivity (Wildman–Crippen MR) is 67.4 cm³/mol. The SMILES string of the molecule is COCCN(CCCN)C(=O)c1ccncc1O. The molecule has 3 N–H and O–H groups in total. The third kappa shape index (κ3) is 3.97. The molecule has 0 aliphatic carbocycles. The number of carbonyl (C=O) groups excluding carboxylic acids is 1. The number of nitrogens with two attached hydrogens (primary N) is 1. The van der Waals surface area contributed by atoms with Gasteiger partial charge in [-0.25, -0.2) is 0 Å². The third-order valence-corrected chi connectivity index (χ3v) is 2.52. The number of hydrogen-bond donors (Lipinski definition) is 2. The fourth-order valence-electron chi connectivity index (χ4n) is 1.54. The van der Waals surface area contributed by atoms with Crippen LogP contribution in [0.3, 0.4) is 0 Å². The van der Waals surface area contributed by atoms with Crippen LogP contribution in [0.1, 0.15) is 16.8 Å². The second-order valence-electron chi connectivity index (χ2n) is 3.82. The normalized spacial score (nSPS) is 10.3. The number of methoxy groups -OCH3 is 1. The Morgan fingerprint density at radius 2 is 2.33 bits per heavy atom. The van der Waals surface area contributed by atoms with E-state index in [0.717, 1.165) is 0 Å². The van der Waals surface area contributed by atoms with Gasteiger partial charge in [0.25, 0.3) is 5.91 Å². The smallest absolute Gasteiger partial charge is 0.257 e. The zero-order valence-corrected chi connectivity index (χ0v) is 10.5. The fourth-order valence-corrected chi connectivity index (χ4v) is 1.54. The van der Waals surface area contributed by atoms with Crippen molar-refractivity contribution >= 4 is 5.91 Å². The van der Waals surface area contributed by atoms with E-state index >= 15 is 0 Å². The molecule has 1 aromatic rings. The molecule has 0 atom stereocenters. The largest absolute Gasteiger partial charge is 0.505 e. The first kappa shape index (κ1) is 14.4. The van der Waals surface area contributed by atoms with E-state index in [4.69, 9.17) is 10.5 Å². The highest BCUT2D eigenvalue weighted by molar-refractivity contribution is 5.96. The first-order valence-corrected chi connectivity index (χ1v) is 5.82. The molecular weight excluding hydrogens is 234 g/mol. The molecule has 6 nitrogen and oxygen atoms in total. The molecule has 18 heavy (non-hydrogen) atoms. The molecule has 0 saturated carbocycles. The molecule has 1 aromatic heterocycles. The van der Waals surface area contributed by atoms with Crippen molar-refractivity contribution < 1.29 is 14.6 Å². The molecular formula is C12H19N3O3. The van der Waals surface area contributed by atoms with Crippen molar-refractivity contribution in [1.82, 2.24) is 9.88 Å². The van der Waals surface area contributed by atoms with Gasteiger partial charge in [-0.1, -0.05) is 0 Å². The highest BCUT2D eigenvalue weighted by Crippen LogP contribution is 2.16. The van der Waals surface area contributed by atoms with Crippen LogP contribution in [0, 0.1) is 0 Å². The Morgan fingerprint density at radius 3 is 2.94 bits per heavy atom. The van der Waals surface area contributed by atoms with E-state index in [9.17, 15) is 9.90 Å². The van der Waals surface area contributed by atoms with Gasteiger partial charge in [0.05, 0.1) is 18.4 Å². The van der Waals surface area contributed by atoms with Crippen LogP contribution in [0.5, 0.6) is 5.75 Å². The van der Waals surface area contributed by atoms with E-state index in [1.807, 2.05) is 0 Å². The van der Waals surface area contributed by atoms with Crippen LogP contribution in [0.2, 0.25) is 0 Å². The minimum atomic E-state index is -0.236. The lowest BCUT2D eigenvalue weighted by molar-refractivity contribution is 0.0691. The van der Waals surface area contributed by atoms with E-state index in [1.54, 1.807) is 12.0 Å². The summed E-state index contributed by atoms with van der Waals surface area (Å²) >= 11 is 0. The fraction of sp³-hybridized carbons (Fsp3) is 0.500. The molecule has 100 valence electrons. The average Bonchev–Trinajstić information content (AvgIpc) is 2.39. The second kappa shape index (κ2) is 7.62. The predicted octanol–water partition coefficient (Wildman–Crippen LogP) is 0.225. The Hall–Kier alpha value is -1.66. The number of pyridine rings is 1. The molecule has 0 fully saturated rings. The van der Waals surface area contributed by atoms with Crippen LogP contribution in [0.25, 0.3) is 0 Å². The van der Waals surface area contributed by atoms with Crippen LogP contribution >= 0.6 is 0 Å². The summed E-state index contributed by atoms with van der Waals surface area (Å²) in [6.07, 6.45) is 3.44. The van der Waals surface area contributed by atoms with Crippen molar-refractivity contribution in [2.75, 3.05) is 33.4 Å². The summed E-state index contributed by atoms with van der Waals surface area (Å²) in [6, 6.07) is 1.50. The number of ether oxygens (including phenoxy) is 1. The Balaban J connectivity index is 2.77. The van der Waals surface area contributed by atoms with Gasteiger partial charge in [0.1, 0.15) is 5.75 Å². The van der Waals surface area contributed by atoms with E-state index < -0.39 is 0 Å². The number of nitrogens with zero attached hydrogens (tertiary/aromatic N) is 2. The second-order valence-corrected chi connectivity index (χ2v) is 3.82. The molecule has 0 aliphatic heterocycles. The van der Waals surface area contributed by atoms with Gasteiger partial charge in [-0.05, 0) is 19.0 Å². The van der Waals surface area contributed by atoms with Gasteiger partial charge < -0.3 is 20.5 Å². The highest BCUT2D eigenvalue weighted by Gasteiger charge is 2.18. The summed E-state index contributed by atoms with van der Waals surface area (Å²) in [4.78, 5) is 17.6. The van der Waals surface area contributed by atoms with Crippen LogP contribution in [0.4, 0.5) is 0 Å². The van der Waals surface area contributed by atoms with Crippen molar-refractivity contribution in [3.05, 3.63) is 24.0 Å². The first-order valence-electron chi connectivity index (χ1n) is 5.82. The lowest BCUT2D eigenvalue weighted by Crippen LogP contribution is -2.35. The van der Waals surface area contributed by atoms with Gasteiger partial charge in [-0.15, -0.1) is 0 Å². The minimum Gasteiger partial charge on any atom is -0.505 e. The molecule has 0 aliphatic rings. The maximum atomic E-state index is 12.2. The molecule has 6 heteroatoms. The lowest BCUT2D eigenvalue weighted by Gasteiger charge is -2.22. The minimum absolute atomic E-state index is 0.113. The topological polar surface area (TPSA) is 88.7 Å². The quantitative estimate of drug-likeness (QED) is 0.726. The number of rotatable bonds is 7. The van der Waals surface area contributed by atoms with Gasteiger partial charge in [-0.2, -0.15) is 0 Å². The lowest BCUT2D eigenvalue weighted by atomic mass is 10.2. The maximum absolute atomic E-state index is 12.2. The first-order chi connectivity index (χ1) is 8.70. The Kier molecular flexibility index (Phi) is 6.10. The molecule has 0 bridgehead atoms. The van der Waals surface area contributed by atoms with Crippen LogP contribution < -0.4 is 5.73 Å². The van der Waals surface area contributed by atoms with Gasteiger partial charge >= 0.3 is 0 Å². The van der Waals surface area contributed by atoms with Gasteiger partial charge in [-0.3, -0.25) is 9.78 Å². The number of aromatic nitrogens is 1. The molecule has 1 rings (SSSR count). The number of aromatic hydroxyl groups is 1. The van der Waals surface area contributed by atoms with Crippen molar-refractivity contribution in [2.24, 2.45) is 5.73 Å². The maximum Gasteiger partial charge on any atom is 0.257 e. The average molecular weight is 253 g/mol. The molecule has 0 spiro atoms. The van der Waals surface area contributed by atoms with Crippen LogP contribution in [-0.2, 0) is 4.74 Å². The number of hydrogen-bond acceptors (Lipinski definition) is 5. The number of carbonyl (C=O) groups is 1. The van der Waals surface area contributed by atoms with Crippen molar-refractivity contribution in [1.29, 1.82) is 0 Å². The summed E-state index contributed by atoms with van der Waals surface area (Å²) in [5, 5.41) is 9.61. The van der Waals surface area contributed by atoms with Gasteiger partial charge in [0.2, 0.25) is 0 Å². The standard InChI is InChI=1S/C12H19N3O3/c1-18-8-7-15(6-2-4-13)12(17)10-3-5-14-9-11(10)16/h3,5,9,16H,2,4,6-8,13H2,1H3. The van der Waals surface area contributed by atoms with Crippen molar-refractivity contribution in [3.63, 3.8) is 0 Å². The van der Waals surface area contributed by atoms with Gasteiger partial charge in [0, 0.05) is 26.4 Å². The highest BCUT2D eigenvalue weighted by atomic mass is 16.5. The van der Waals surface area contributed by atoms with Crippen LogP contribution in [0.15, 0.2) is 18.5 Å². The van der Waals surface area contributed by atoms with Crippen LogP contribution in [-0.4, -0.2) is 54.2 Å². The molecule has 1 heterocycles. The third-order valence-electron chi connectivity index (χ3n) is 2.52. The number of amides is 1. The summed E-state index contributed by atoms with van der Waals surface area (Å²) in [7, 11) is 1.58. The van der Waals surface area contributed by atoms with Gasteiger partial charge in [0.15, 0.2) is 0 Å². The molecule has 0 aromatic carbocycles. The molecule has 0 saturated heterocycles. The van der Waals surface area contributed by atoms with Crippen molar-refractivity contribution in [2.45, 2.75) is 6.42 Å². The summed E-state index contributed by atoms with van der Waals surface area (Å²) in [5.41, 5.74) is 5.69. The van der Waals surface area contributed by atoms with E-state index in [0.29, 0.717) is 32.7 Å². The van der Waals surface area contributed by atoms with E-state index in [-0.39, 0.29) is 17.2 Å². The zero-order valence-electron chi connectivity index (χ0n) is 10.5. The van der Waals surface area contributed by atoms with Crippen molar-refractivity contribution in [3.8, 4) is 5.75 Å². The summed E-state index contributed by atoms with van der Waals surface area (Å²) in [6.45, 7) is 1.97. The molecule has 0 radical (unpaired) electrons. The Labute approximate surface area is 106 Å². The molecule has 0 unspecified atom stereocenters. The zero-order chi connectivity index (χ0) is 13.4. The summed E-state index contributed by atoms with van der Waals surface area (Å²) in [5.74, 6) is -0.349. The Morgan fingerprint density at radius 1 is 1.56 bits per heavy atom. The monoisotopic (exact) mass is 253 g/mol. The summed E-state index contributed by atoms with van der Waals surface area (Å²) < 4.78 is 4.97. The van der Waals surface area contributed by atoms with E-state index in [2.05, 4.69) is 4.98 Å². The Bertz CT molecular complexity index is 377. The van der Waals surface area contributed by atoms with E-state index in [1.165, 1.54) is 18.5 Å².